The van der Waals surface area contributed by atoms with Gasteiger partial charge in [0.2, 0.25) is 0 Å². The fourth-order valence-corrected chi connectivity index (χ4v) is 2.94. The molecular formula is C21H30O4. The summed E-state index contributed by atoms with van der Waals surface area (Å²) < 4.78 is 0. The van der Waals surface area contributed by atoms with Gasteiger partial charge in [-0.15, -0.1) is 0 Å². The minimum absolute atomic E-state index is 0.0291. The molecule has 138 valence electrons. The van der Waals surface area contributed by atoms with Crippen LogP contribution in [0.25, 0.3) is 0 Å². The van der Waals surface area contributed by atoms with Gasteiger partial charge in [0, 0.05) is 5.56 Å². The van der Waals surface area contributed by atoms with Crippen LogP contribution in [0.4, 0.5) is 0 Å². The molecule has 0 saturated carbocycles. The molecule has 0 bridgehead atoms. The highest BCUT2D eigenvalue weighted by Crippen LogP contribution is 2.40. The first-order chi connectivity index (χ1) is 11.3. The van der Waals surface area contributed by atoms with E-state index in [9.17, 15) is 5.11 Å². The molecule has 2 rings (SSSR count). The van der Waals surface area contributed by atoms with E-state index in [0.29, 0.717) is 5.75 Å². The molecule has 0 fully saturated rings. The number of hydrogen-bond donors (Lipinski definition) is 4. The van der Waals surface area contributed by atoms with Crippen LogP contribution in [-0.2, 0) is 10.8 Å². The third kappa shape index (κ3) is 5.05. The summed E-state index contributed by atoms with van der Waals surface area (Å²) in [5.74, 6) is -0.675. The molecule has 0 heterocycles. The van der Waals surface area contributed by atoms with Gasteiger partial charge in [-0.3, -0.25) is 0 Å². The number of aryl methyl sites for hydroxylation is 1. The lowest BCUT2D eigenvalue weighted by atomic mass is 9.73. The molecule has 4 nitrogen and oxygen atoms in total. The monoisotopic (exact) mass is 346 g/mol. The van der Waals surface area contributed by atoms with Crippen LogP contribution in [0.2, 0.25) is 0 Å². The van der Waals surface area contributed by atoms with Crippen molar-refractivity contribution in [3.8, 4) is 23.0 Å². The lowest BCUT2D eigenvalue weighted by Gasteiger charge is -2.32. The standard InChI is InChI=1S/C15H24O.C6H6O3/c1-10-8-9-11(16)13(15(5,6)7)12(10)14(2,3)4;7-4-2-1-3-5(8)6(4)9/h8-9,16H,1-7H3;1-3,7-9H. The van der Waals surface area contributed by atoms with Crippen LogP contribution in [0.1, 0.15) is 58.2 Å². The molecule has 0 aliphatic carbocycles. The normalized spacial score (nSPS) is 11.6. The number of benzene rings is 2. The summed E-state index contributed by atoms with van der Waals surface area (Å²) in [5.41, 5.74) is 3.65. The molecule has 0 spiro atoms. The molecule has 0 aromatic heterocycles. The highest BCUT2D eigenvalue weighted by Gasteiger charge is 2.29. The van der Waals surface area contributed by atoms with Crippen molar-refractivity contribution in [3.05, 3.63) is 47.0 Å². The van der Waals surface area contributed by atoms with Crippen LogP contribution in [-0.4, -0.2) is 20.4 Å². The molecule has 0 aliphatic rings. The Morgan fingerprint density at radius 2 is 1.04 bits per heavy atom. The summed E-state index contributed by atoms with van der Waals surface area (Å²) in [6.45, 7) is 15.2. The first-order valence-corrected chi connectivity index (χ1v) is 8.30. The summed E-state index contributed by atoms with van der Waals surface area (Å²) in [6.07, 6.45) is 0. The Morgan fingerprint density at radius 1 is 0.600 bits per heavy atom. The van der Waals surface area contributed by atoms with Gasteiger partial charge in [-0.05, 0) is 47.1 Å². The van der Waals surface area contributed by atoms with Crippen LogP contribution in [0.5, 0.6) is 23.0 Å². The van der Waals surface area contributed by atoms with E-state index in [4.69, 9.17) is 15.3 Å². The molecule has 0 aliphatic heterocycles. The Morgan fingerprint density at radius 3 is 1.36 bits per heavy atom. The Kier molecular flexibility index (Phi) is 6.00. The second-order valence-electron chi connectivity index (χ2n) is 8.30. The third-order valence-corrected chi connectivity index (χ3v) is 3.89. The topological polar surface area (TPSA) is 80.9 Å². The second-order valence-corrected chi connectivity index (χ2v) is 8.30. The van der Waals surface area contributed by atoms with E-state index >= 15 is 0 Å². The van der Waals surface area contributed by atoms with Gasteiger partial charge in [0.25, 0.3) is 0 Å². The maximum Gasteiger partial charge on any atom is 0.200 e. The van der Waals surface area contributed by atoms with Crippen molar-refractivity contribution in [2.45, 2.75) is 59.3 Å². The molecule has 2 aromatic carbocycles. The summed E-state index contributed by atoms with van der Waals surface area (Å²) >= 11 is 0. The number of rotatable bonds is 0. The maximum atomic E-state index is 10.1. The van der Waals surface area contributed by atoms with Crippen molar-refractivity contribution in [1.82, 2.24) is 0 Å². The molecule has 0 unspecified atom stereocenters. The van der Waals surface area contributed by atoms with Crippen molar-refractivity contribution in [1.29, 1.82) is 0 Å². The molecule has 0 amide bonds. The SMILES string of the molecule is Cc1ccc(O)c(C(C)(C)C)c1C(C)(C)C.Oc1cccc(O)c1O. The number of phenolic OH excluding ortho intramolecular Hbond substituents is 4. The fraction of sp³-hybridized carbons (Fsp3) is 0.429. The van der Waals surface area contributed by atoms with E-state index in [1.165, 1.54) is 29.3 Å². The number of hydrogen-bond acceptors (Lipinski definition) is 4. The average molecular weight is 346 g/mol. The molecule has 0 radical (unpaired) electrons. The molecule has 4 N–H and O–H groups in total. The van der Waals surface area contributed by atoms with Gasteiger partial charge in [0.05, 0.1) is 0 Å². The van der Waals surface area contributed by atoms with E-state index in [1.54, 1.807) is 0 Å². The zero-order valence-electron chi connectivity index (χ0n) is 16.2. The number of para-hydroxylation sites is 1. The van der Waals surface area contributed by atoms with Crippen molar-refractivity contribution in [2.75, 3.05) is 0 Å². The van der Waals surface area contributed by atoms with Gasteiger partial charge in [-0.2, -0.15) is 0 Å². The predicted molar refractivity (Wildman–Crippen MR) is 102 cm³/mol. The Bertz CT molecular complexity index is 676. The first-order valence-electron chi connectivity index (χ1n) is 8.30. The third-order valence-electron chi connectivity index (χ3n) is 3.89. The first kappa shape index (κ1) is 20.7. The van der Waals surface area contributed by atoms with Crippen LogP contribution in [0, 0.1) is 6.92 Å². The number of aromatic hydroxyl groups is 4. The molecular weight excluding hydrogens is 316 g/mol. The molecule has 0 atom stereocenters. The zero-order valence-corrected chi connectivity index (χ0v) is 16.2. The van der Waals surface area contributed by atoms with Crippen molar-refractivity contribution in [2.24, 2.45) is 0 Å². The van der Waals surface area contributed by atoms with Gasteiger partial charge >= 0.3 is 0 Å². The largest absolute Gasteiger partial charge is 0.508 e. The van der Waals surface area contributed by atoms with Gasteiger partial charge in [0.1, 0.15) is 5.75 Å². The van der Waals surface area contributed by atoms with E-state index in [2.05, 4.69) is 48.5 Å². The van der Waals surface area contributed by atoms with Gasteiger partial charge in [-0.1, -0.05) is 53.7 Å². The average Bonchev–Trinajstić information content (AvgIpc) is 2.45. The van der Waals surface area contributed by atoms with E-state index < -0.39 is 5.75 Å². The fourth-order valence-electron chi connectivity index (χ4n) is 2.94. The van der Waals surface area contributed by atoms with E-state index in [-0.39, 0.29) is 22.3 Å². The summed E-state index contributed by atoms with van der Waals surface area (Å²) in [6, 6.07) is 7.82. The second kappa shape index (κ2) is 7.26. The molecule has 4 heteroatoms. The summed E-state index contributed by atoms with van der Waals surface area (Å²) in [5, 5.41) is 36.2. The Hall–Kier alpha value is -2.36. The Balaban J connectivity index is 0.000000293. The predicted octanol–water partition coefficient (Wildman–Crippen LogP) is 5.10. The number of phenols is 4. The van der Waals surface area contributed by atoms with Gasteiger partial charge in [-0.25, -0.2) is 0 Å². The van der Waals surface area contributed by atoms with E-state index in [0.717, 1.165) is 5.56 Å². The molecule has 2 aromatic rings. The minimum Gasteiger partial charge on any atom is -0.508 e. The quantitative estimate of drug-likeness (QED) is 0.500. The van der Waals surface area contributed by atoms with Crippen molar-refractivity contribution >= 4 is 0 Å². The summed E-state index contributed by atoms with van der Waals surface area (Å²) in [4.78, 5) is 0. The zero-order chi connectivity index (χ0) is 19.6. The summed E-state index contributed by atoms with van der Waals surface area (Å²) in [7, 11) is 0. The van der Waals surface area contributed by atoms with Gasteiger partial charge in [0.15, 0.2) is 17.2 Å². The van der Waals surface area contributed by atoms with E-state index in [1.807, 2.05) is 12.1 Å². The van der Waals surface area contributed by atoms with Crippen molar-refractivity contribution in [3.63, 3.8) is 0 Å². The van der Waals surface area contributed by atoms with Crippen LogP contribution in [0.15, 0.2) is 30.3 Å². The van der Waals surface area contributed by atoms with Crippen LogP contribution in [0.3, 0.4) is 0 Å². The molecule has 25 heavy (non-hydrogen) atoms. The lowest BCUT2D eigenvalue weighted by Crippen LogP contribution is -2.23. The Labute approximate surface area is 150 Å². The highest BCUT2D eigenvalue weighted by molar-refractivity contribution is 5.51. The van der Waals surface area contributed by atoms with Gasteiger partial charge < -0.3 is 20.4 Å². The van der Waals surface area contributed by atoms with Crippen LogP contribution >= 0.6 is 0 Å². The molecule has 0 saturated heterocycles. The smallest absolute Gasteiger partial charge is 0.200 e. The minimum atomic E-state index is -0.475. The maximum absolute atomic E-state index is 10.1. The van der Waals surface area contributed by atoms with Crippen molar-refractivity contribution < 1.29 is 20.4 Å². The highest BCUT2D eigenvalue weighted by atomic mass is 16.3. The van der Waals surface area contributed by atoms with Crippen LogP contribution < -0.4 is 0 Å². The lowest BCUT2D eigenvalue weighted by molar-refractivity contribution is 0.368.